The third-order valence-electron chi connectivity index (χ3n) is 3.83. The van der Waals surface area contributed by atoms with Crippen molar-refractivity contribution in [3.8, 4) is 0 Å². The first-order valence-corrected chi connectivity index (χ1v) is 9.83. The lowest BCUT2D eigenvalue weighted by Crippen LogP contribution is -2.07. The number of aromatic nitrogens is 1. The van der Waals surface area contributed by atoms with Gasteiger partial charge in [-0.2, -0.15) is 13.2 Å². The third kappa shape index (κ3) is 5.82. The quantitative estimate of drug-likeness (QED) is 0.433. The topological polar surface area (TPSA) is 42.0 Å². The zero-order valence-corrected chi connectivity index (χ0v) is 17.0. The molecule has 3 aromatic rings. The van der Waals surface area contributed by atoms with Crippen molar-refractivity contribution in [3.63, 3.8) is 0 Å². The first kappa shape index (κ1) is 21.4. The van der Waals surface area contributed by atoms with Crippen molar-refractivity contribution in [2.45, 2.75) is 12.6 Å². The second-order valence-electron chi connectivity index (χ2n) is 5.96. The molecule has 0 atom stereocenters. The largest absolute Gasteiger partial charge is 0.417 e. The number of halogens is 5. The highest BCUT2D eigenvalue weighted by atomic mass is 35.5. The minimum absolute atomic E-state index is 0.204. The van der Waals surface area contributed by atoms with E-state index in [0.717, 1.165) is 28.6 Å². The second kappa shape index (κ2) is 8.98. The molecule has 3 nitrogen and oxygen atoms in total. The maximum atomic E-state index is 12.9. The maximum Gasteiger partial charge on any atom is 0.417 e. The molecule has 2 aromatic carbocycles. The number of alkyl halides is 3. The fourth-order valence-electron chi connectivity index (χ4n) is 2.46. The predicted octanol–water partition coefficient (Wildman–Crippen LogP) is 6.71. The Kier molecular flexibility index (Phi) is 6.62. The van der Waals surface area contributed by atoms with Gasteiger partial charge in [0, 0.05) is 28.6 Å². The van der Waals surface area contributed by atoms with Gasteiger partial charge in [0.25, 0.3) is 0 Å². The molecule has 1 amide bonds. The highest BCUT2D eigenvalue weighted by Gasteiger charge is 2.33. The predicted molar refractivity (Wildman–Crippen MR) is 110 cm³/mol. The van der Waals surface area contributed by atoms with Crippen LogP contribution >= 0.6 is 34.5 Å². The number of nitrogens with one attached hydrogen (secondary N) is 1. The van der Waals surface area contributed by atoms with E-state index in [-0.39, 0.29) is 5.56 Å². The van der Waals surface area contributed by atoms with Crippen LogP contribution in [0.1, 0.15) is 21.6 Å². The van der Waals surface area contributed by atoms with Gasteiger partial charge in [0.2, 0.25) is 5.91 Å². The first-order valence-electron chi connectivity index (χ1n) is 8.26. The van der Waals surface area contributed by atoms with Gasteiger partial charge in [0.15, 0.2) is 5.13 Å². The van der Waals surface area contributed by atoms with Gasteiger partial charge < -0.3 is 0 Å². The summed E-state index contributed by atoms with van der Waals surface area (Å²) in [5.41, 5.74) is 0.195. The molecule has 9 heteroatoms. The third-order valence-corrected chi connectivity index (χ3v) is 5.44. The summed E-state index contributed by atoms with van der Waals surface area (Å²) in [6.07, 6.45) is 0.0655. The molecule has 0 aliphatic rings. The molecule has 0 saturated carbocycles. The lowest BCUT2D eigenvalue weighted by Gasteiger charge is -2.09. The maximum absolute atomic E-state index is 12.9. The Morgan fingerprint density at radius 3 is 2.62 bits per heavy atom. The summed E-state index contributed by atoms with van der Waals surface area (Å²) in [7, 11) is 0. The van der Waals surface area contributed by atoms with Crippen LogP contribution in [-0.4, -0.2) is 10.9 Å². The molecular weight excluding hydrogens is 444 g/mol. The fourth-order valence-corrected chi connectivity index (χ4v) is 3.72. The Balaban J connectivity index is 1.64. The monoisotopic (exact) mass is 456 g/mol. The number of thiazole rings is 1. The van der Waals surface area contributed by atoms with Crippen molar-refractivity contribution in [1.82, 2.24) is 4.98 Å². The standard InChI is InChI=1S/C20H13Cl2F3N2OS/c21-16-4-2-1-3-13(16)10-14-11-26-19(29-14)27-18(28)8-6-12-5-7-17(22)15(9-12)20(23,24)25/h1-9,11H,10H2,(H,26,27,28)/b8-6+. The molecule has 0 aliphatic carbocycles. The zero-order valence-electron chi connectivity index (χ0n) is 14.6. The van der Waals surface area contributed by atoms with Crippen molar-refractivity contribution in [1.29, 1.82) is 0 Å². The fraction of sp³-hybridized carbons (Fsp3) is 0.100. The number of nitrogens with zero attached hydrogens (tertiary/aromatic N) is 1. The highest BCUT2D eigenvalue weighted by Crippen LogP contribution is 2.35. The van der Waals surface area contributed by atoms with Crippen LogP contribution in [0.25, 0.3) is 6.08 Å². The van der Waals surface area contributed by atoms with E-state index in [1.165, 1.54) is 23.5 Å². The molecular formula is C20H13Cl2F3N2OS. The molecule has 3 rings (SSSR count). The summed E-state index contributed by atoms with van der Waals surface area (Å²) in [5.74, 6) is -0.507. The van der Waals surface area contributed by atoms with Gasteiger partial charge in [0.05, 0.1) is 10.6 Å². The minimum Gasteiger partial charge on any atom is -0.298 e. The van der Waals surface area contributed by atoms with Gasteiger partial charge in [-0.05, 0) is 35.4 Å². The van der Waals surface area contributed by atoms with Crippen molar-refractivity contribution in [2.24, 2.45) is 0 Å². The Labute approximate surface area is 178 Å². The van der Waals surface area contributed by atoms with E-state index in [0.29, 0.717) is 16.6 Å². The summed E-state index contributed by atoms with van der Waals surface area (Å²) in [6.45, 7) is 0. The van der Waals surface area contributed by atoms with Crippen LogP contribution in [0.5, 0.6) is 0 Å². The van der Waals surface area contributed by atoms with Gasteiger partial charge in [0.1, 0.15) is 0 Å². The number of carbonyl (C=O) groups is 1. The molecule has 150 valence electrons. The summed E-state index contributed by atoms with van der Waals surface area (Å²) in [5, 5.41) is 3.23. The Morgan fingerprint density at radius 2 is 1.90 bits per heavy atom. The van der Waals surface area contributed by atoms with Crippen LogP contribution in [0.2, 0.25) is 10.0 Å². The SMILES string of the molecule is O=C(/C=C/c1ccc(Cl)c(C(F)(F)F)c1)Nc1ncc(Cc2ccccc2Cl)s1. The van der Waals surface area contributed by atoms with Gasteiger partial charge >= 0.3 is 6.18 Å². The molecule has 0 unspecified atom stereocenters. The summed E-state index contributed by atoms with van der Waals surface area (Å²) < 4.78 is 38.7. The number of hydrogen-bond donors (Lipinski definition) is 1. The van der Waals surface area contributed by atoms with Crippen molar-refractivity contribution in [2.75, 3.05) is 5.32 Å². The van der Waals surface area contributed by atoms with Crippen molar-refractivity contribution < 1.29 is 18.0 Å². The molecule has 0 spiro atoms. The van der Waals surface area contributed by atoms with Gasteiger partial charge in [-0.15, -0.1) is 11.3 Å². The smallest absolute Gasteiger partial charge is 0.298 e. The molecule has 0 fully saturated rings. The first-order chi connectivity index (χ1) is 13.7. The van der Waals surface area contributed by atoms with E-state index >= 15 is 0 Å². The summed E-state index contributed by atoms with van der Waals surface area (Å²) in [6, 6.07) is 10.9. The van der Waals surface area contributed by atoms with E-state index in [1.54, 1.807) is 12.3 Å². The Morgan fingerprint density at radius 1 is 1.14 bits per heavy atom. The highest BCUT2D eigenvalue weighted by molar-refractivity contribution is 7.15. The van der Waals surface area contributed by atoms with Gasteiger partial charge in [-0.1, -0.05) is 47.5 Å². The number of benzene rings is 2. The molecule has 29 heavy (non-hydrogen) atoms. The van der Waals surface area contributed by atoms with Crippen LogP contribution < -0.4 is 5.32 Å². The molecule has 0 aliphatic heterocycles. The lowest BCUT2D eigenvalue weighted by atomic mass is 10.1. The van der Waals surface area contributed by atoms with E-state index in [2.05, 4.69) is 10.3 Å². The molecule has 1 N–H and O–H groups in total. The number of carbonyl (C=O) groups excluding carboxylic acids is 1. The molecule has 1 heterocycles. The van der Waals surface area contributed by atoms with E-state index in [4.69, 9.17) is 23.2 Å². The van der Waals surface area contributed by atoms with Crippen LogP contribution in [0, 0.1) is 0 Å². The Hall–Kier alpha value is -2.35. The number of amides is 1. The van der Waals surface area contributed by atoms with Gasteiger partial charge in [-0.3, -0.25) is 10.1 Å². The molecule has 1 aromatic heterocycles. The van der Waals surface area contributed by atoms with E-state index in [1.807, 2.05) is 18.2 Å². The van der Waals surface area contributed by atoms with E-state index in [9.17, 15) is 18.0 Å². The second-order valence-corrected chi connectivity index (χ2v) is 7.89. The van der Waals surface area contributed by atoms with Crippen LogP contribution in [0.3, 0.4) is 0 Å². The van der Waals surface area contributed by atoms with Crippen molar-refractivity contribution in [3.05, 3.63) is 86.4 Å². The number of anilines is 1. The molecule has 0 radical (unpaired) electrons. The lowest BCUT2D eigenvalue weighted by molar-refractivity contribution is -0.137. The van der Waals surface area contributed by atoms with Gasteiger partial charge in [-0.25, -0.2) is 4.98 Å². The van der Waals surface area contributed by atoms with Crippen molar-refractivity contribution >= 4 is 51.7 Å². The van der Waals surface area contributed by atoms with Crippen LogP contribution in [-0.2, 0) is 17.4 Å². The number of hydrogen-bond acceptors (Lipinski definition) is 3. The Bertz CT molecular complexity index is 1060. The number of rotatable bonds is 5. The summed E-state index contributed by atoms with van der Waals surface area (Å²) >= 11 is 13.0. The average molecular weight is 457 g/mol. The van der Waals surface area contributed by atoms with E-state index < -0.39 is 22.7 Å². The summed E-state index contributed by atoms with van der Waals surface area (Å²) in [4.78, 5) is 17.1. The normalized spacial score (nSPS) is 11.8. The van der Waals surface area contributed by atoms with Crippen LogP contribution in [0.4, 0.5) is 18.3 Å². The molecule has 0 saturated heterocycles. The molecule has 0 bridgehead atoms. The van der Waals surface area contributed by atoms with Crippen LogP contribution in [0.15, 0.2) is 54.7 Å². The minimum atomic E-state index is -4.57. The average Bonchev–Trinajstić information content (AvgIpc) is 3.09. The zero-order chi connectivity index (χ0) is 21.0.